The summed E-state index contributed by atoms with van der Waals surface area (Å²) in [7, 11) is 2.97. The van der Waals surface area contributed by atoms with Crippen LogP contribution in [0.1, 0.15) is 44.0 Å². The molecule has 1 aromatic rings. The molecule has 2 rings (SSSR count). The van der Waals surface area contributed by atoms with Crippen molar-refractivity contribution in [1.29, 1.82) is 0 Å². The van der Waals surface area contributed by atoms with Gasteiger partial charge in [-0.1, -0.05) is 13.8 Å². The van der Waals surface area contributed by atoms with E-state index < -0.39 is 17.9 Å². The van der Waals surface area contributed by atoms with Gasteiger partial charge < -0.3 is 24.8 Å². The molecule has 0 aliphatic heterocycles. The Morgan fingerprint density at radius 3 is 2.07 bits per heavy atom. The van der Waals surface area contributed by atoms with Crippen LogP contribution in [-0.4, -0.2) is 50.7 Å². The molecule has 2 N–H and O–H groups in total. The Labute approximate surface area is 171 Å². The van der Waals surface area contributed by atoms with Crippen molar-refractivity contribution in [3.63, 3.8) is 0 Å². The number of ether oxygens (including phenoxy) is 3. The molecule has 2 amide bonds. The molecule has 0 radical (unpaired) electrons. The van der Waals surface area contributed by atoms with Crippen LogP contribution in [0.15, 0.2) is 18.2 Å². The summed E-state index contributed by atoms with van der Waals surface area (Å²) in [6, 6.07) is 3.92. The van der Waals surface area contributed by atoms with Gasteiger partial charge in [0.15, 0.2) is 6.61 Å². The van der Waals surface area contributed by atoms with Gasteiger partial charge in [0, 0.05) is 17.7 Å². The normalized spacial score (nSPS) is 15.2. The Morgan fingerprint density at radius 2 is 1.59 bits per heavy atom. The Kier molecular flexibility index (Phi) is 7.87. The van der Waals surface area contributed by atoms with Gasteiger partial charge in [0.1, 0.15) is 17.5 Å². The predicted molar refractivity (Wildman–Crippen MR) is 107 cm³/mol. The van der Waals surface area contributed by atoms with E-state index in [1.54, 1.807) is 32.0 Å². The first-order valence-electron chi connectivity index (χ1n) is 9.75. The Morgan fingerprint density at radius 1 is 1.00 bits per heavy atom. The van der Waals surface area contributed by atoms with Crippen LogP contribution in [-0.2, 0) is 14.3 Å². The lowest BCUT2D eigenvalue weighted by atomic mass is 10.0. The maximum atomic E-state index is 12.7. The molecule has 0 saturated heterocycles. The van der Waals surface area contributed by atoms with Crippen molar-refractivity contribution in [3.05, 3.63) is 23.8 Å². The minimum atomic E-state index is -0.895. The Bertz CT molecular complexity index is 722. The first kappa shape index (κ1) is 22.5. The summed E-state index contributed by atoms with van der Waals surface area (Å²) in [5, 5.41) is 5.50. The van der Waals surface area contributed by atoms with E-state index in [0.29, 0.717) is 17.4 Å². The zero-order valence-corrected chi connectivity index (χ0v) is 17.6. The second-order valence-corrected chi connectivity index (χ2v) is 7.60. The average molecular weight is 406 g/mol. The summed E-state index contributed by atoms with van der Waals surface area (Å²) in [4.78, 5) is 37.1. The molecular weight excluding hydrogens is 376 g/mol. The standard InChI is InChI=1S/C21H30N2O6/c1-12(2)19(21(26)29-11-18(24)22-13(3)14-6-7-14)23-20(25)15-8-16(27-4)10-17(9-15)28-5/h8-10,12-14,19H,6-7,11H2,1-5H3,(H,22,24)(H,23,25)/t13?,19-/m0/s1. The van der Waals surface area contributed by atoms with Gasteiger partial charge in [-0.2, -0.15) is 0 Å². The second-order valence-electron chi connectivity index (χ2n) is 7.60. The van der Waals surface area contributed by atoms with E-state index in [1.165, 1.54) is 14.2 Å². The average Bonchev–Trinajstić information content (AvgIpc) is 3.54. The molecule has 29 heavy (non-hydrogen) atoms. The lowest BCUT2D eigenvalue weighted by Gasteiger charge is -2.21. The van der Waals surface area contributed by atoms with Gasteiger partial charge in [0.25, 0.3) is 11.8 Å². The van der Waals surface area contributed by atoms with Crippen LogP contribution in [0.25, 0.3) is 0 Å². The fourth-order valence-electron chi connectivity index (χ4n) is 2.90. The smallest absolute Gasteiger partial charge is 0.329 e. The van der Waals surface area contributed by atoms with Gasteiger partial charge in [0.05, 0.1) is 14.2 Å². The van der Waals surface area contributed by atoms with Crippen molar-refractivity contribution < 1.29 is 28.6 Å². The molecular formula is C21H30N2O6. The Hall–Kier alpha value is -2.77. The van der Waals surface area contributed by atoms with Gasteiger partial charge in [-0.15, -0.1) is 0 Å². The minimum Gasteiger partial charge on any atom is -0.497 e. The molecule has 8 nitrogen and oxygen atoms in total. The van der Waals surface area contributed by atoms with Gasteiger partial charge in [-0.3, -0.25) is 9.59 Å². The number of esters is 1. The van der Waals surface area contributed by atoms with Crippen LogP contribution >= 0.6 is 0 Å². The third-order valence-electron chi connectivity index (χ3n) is 4.88. The van der Waals surface area contributed by atoms with Gasteiger partial charge in [-0.25, -0.2) is 4.79 Å². The van der Waals surface area contributed by atoms with Crippen molar-refractivity contribution in [2.75, 3.05) is 20.8 Å². The number of benzene rings is 1. The fourth-order valence-corrected chi connectivity index (χ4v) is 2.90. The highest BCUT2D eigenvalue weighted by molar-refractivity contribution is 5.97. The van der Waals surface area contributed by atoms with Crippen LogP contribution in [0.5, 0.6) is 11.5 Å². The maximum Gasteiger partial charge on any atom is 0.329 e. The molecule has 8 heteroatoms. The molecule has 1 aliphatic carbocycles. The third-order valence-corrected chi connectivity index (χ3v) is 4.88. The molecule has 1 saturated carbocycles. The number of carbonyl (C=O) groups is 3. The van der Waals surface area contributed by atoms with E-state index in [1.807, 2.05) is 6.92 Å². The summed E-state index contributed by atoms with van der Waals surface area (Å²) in [6.07, 6.45) is 2.22. The number of carbonyl (C=O) groups excluding carboxylic acids is 3. The lowest BCUT2D eigenvalue weighted by molar-refractivity contribution is -0.151. The molecule has 0 heterocycles. The Balaban J connectivity index is 1.96. The van der Waals surface area contributed by atoms with Gasteiger partial charge in [-0.05, 0) is 43.7 Å². The maximum absolute atomic E-state index is 12.7. The van der Waals surface area contributed by atoms with E-state index in [4.69, 9.17) is 14.2 Å². The van der Waals surface area contributed by atoms with Gasteiger partial charge in [0.2, 0.25) is 0 Å². The summed E-state index contributed by atoms with van der Waals surface area (Å²) in [5.74, 6) is -0.268. The molecule has 1 aliphatic rings. The highest BCUT2D eigenvalue weighted by atomic mass is 16.5. The van der Waals surface area contributed by atoms with Crippen LogP contribution in [0.2, 0.25) is 0 Å². The van der Waals surface area contributed by atoms with Crippen LogP contribution < -0.4 is 20.1 Å². The first-order valence-corrected chi connectivity index (χ1v) is 9.75. The van der Waals surface area contributed by atoms with Crippen molar-refractivity contribution >= 4 is 17.8 Å². The number of amides is 2. The van der Waals surface area contributed by atoms with Crippen LogP contribution in [0.4, 0.5) is 0 Å². The van der Waals surface area contributed by atoms with Gasteiger partial charge >= 0.3 is 5.97 Å². The predicted octanol–water partition coefficient (Wildman–Crippen LogP) is 1.92. The zero-order valence-electron chi connectivity index (χ0n) is 17.6. The molecule has 0 bridgehead atoms. The summed E-state index contributed by atoms with van der Waals surface area (Å²) < 4.78 is 15.5. The molecule has 1 unspecified atom stereocenters. The van der Waals surface area contributed by atoms with Crippen molar-refractivity contribution in [2.24, 2.45) is 11.8 Å². The molecule has 1 fully saturated rings. The number of nitrogens with one attached hydrogen (secondary N) is 2. The fraction of sp³-hybridized carbons (Fsp3) is 0.571. The van der Waals surface area contributed by atoms with Crippen molar-refractivity contribution in [3.8, 4) is 11.5 Å². The largest absolute Gasteiger partial charge is 0.497 e. The number of hydrogen-bond donors (Lipinski definition) is 2. The minimum absolute atomic E-state index is 0.0739. The van der Waals surface area contributed by atoms with Crippen molar-refractivity contribution in [1.82, 2.24) is 10.6 Å². The zero-order chi connectivity index (χ0) is 21.6. The topological polar surface area (TPSA) is 103 Å². The summed E-state index contributed by atoms with van der Waals surface area (Å²) >= 11 is 0. The highest BCUT2D eigenvalue weighted by Gasteiger charge is 2.30. The van der Waals surface area contributed by atoms with Crippen LogP contribution in [0, 0.1) is 11.8 Å². The number of hydrogen-bond acceptors (Lipinski definition) is 6. The molecule has 0 aromatic heterocycles. The first-order chi connectivity index (χ1) is 13.7. The highest BCUT2D eigenvalue weighted by Crippen LogP contribution is 2.32. The number of methoxy groups -OCH3 is 2. The van der Waals surface area contributed by atoms with E-state index in [2.05, 4.69) is 10.6 Å². The van der Waals surface area contributed by atoms with Crippen LogP contribution in [0.3, 0.4) is 0 Å². The molecule has 0 spiro atoms. The third kappa shape index (κ3) is 6.66. The summed E-state index contributed by atoms with van der Waals surface area (Å²) in [6.45, 7) is 5.14. The number of rotatable bonds is 10. The van der Waals surface area contributed by atoms with E-state index >= 15 is 0 Å². The molecule has 1 aromatic carbocycles. The molecule has 2 atom stereocenters. The van der Waals surface area contributed by atoms with E-state index in [9.17, 15) is 14.4 Å². The monoisotopic (exact) mass is 406 g/mol. The second kappa shape index (κ2) is 10.1. The van der Waals surface area contributed by atoms with E-state index in [-0.39, 0.29) is 30.0 Å². The van der Waals surface area contributed by atoms with E-state index in [0.717, 1.165) is 12.8 Å². The summed E-state index contributed by atoms with van der Waals surface area (Å²) in [5.41, 5.74) is 0.288. The molecule has 160 valence electrons. The SMILES string of the molecule is COc1cc(OC)cc(C(=O)N[C@H](C(=O)OCC(=O)NC(C)C2CC2)C(C)C)c1. The quantitative estimate of drug-likeness (QED) is 0.576. The lowest BCUT2D eigenvalue weighted by Crippen LogP contribution is -2.46. The van der Waals surface area contributed by atoms with Crippen molar-refractivity contribution in [2.45, 2.75) is 45.7 Å².